The van der Waals surface area contributed by atoms with Gasteiger partial charge in [0.2, 0.25) is 11.8 Å². The lowest BCUT2D eigenvalue weighted by Crippen LogP contribution is -2.35. The summed E-state index contributed by atoms with van der Waals surface area (Å²) >= 11 is 3.42. The third kappa shape index (κ3) is 3.23. The van der Waals surface area contributed by atoms with Gasteiger partial charge in [0.1, 0.15) is 6.04 Å². The maximum Gasteiger partial charge on any atom is 0.320 e. The van der Waals surface area contributed by atoms with Crippen molar-refractivity contribution in [1.29, 1.82) is 0 Å². The van der Waals surface area contributed by atoms with Gasteiger partial charge in [-0.15, -0.1) is 10.2 Å². The Labute approximate surface area is 124 Å². The molecule has 106 valence electrons. The second-order valence-electron chi connectivity index (χ2n) is 4.41. The van der Waals surface area contributed by atoms with Crippen LogP contribution in [0.15, 0.2) is 33.2 Å². The summed E-state index contributed by atoms with van der Waals surface area (Å²) < 4.78 is 6.43. The number of carboxylic acid groups (broad SMARTS) is 1. The molecule has 20 heavy (non-hydrogen) atoms. The van der Waals surface area contributed by atoms with E-state index in [1.165, 1.54) is 0 Å². The number of rotatable bonds is 5. The molecule has 1 atom stereocenters. The Bertz CT molecular complexity index is 614. The lowest BCUT2D eigenvalue weighted by atomic mass is 10.2. The number of aromatic nitrogens is 2. The molecule has 0 aliphatic carbocycles. The van der Waals surface area contributed by atoms with Crippen LogP contribution in [0.4, 0.5) is 0 Å². The van der Waals surface area contributed by atoms with E-state index in [4.69, 9.17) is 9.52 Å². The second kappa shape index (κ2) is 6.15. The van der Waals surface area contributed by atoms with E-state index in [1.54, 1.807) is 18.9 Å². The normalized spacial score (nSPS) is 12.6. The predicted octanol–water partition coefficient (Wildman–Crippen LogP) is 2.40. The molecule has 0 radical (unpaired) electrons. The van der Waals surface area contributed by atoms with Crippen molar-refractivity contribution >= 4 is 21.9 Å². The number of nitrogens with zero attached hydrogens (tertiary/aromatic N) is 3. The van der Waals surface area contributed by atoms with E-state index in [0.29, 0.717) is 11.8 Å². The third-order valence-corrected chi connectivity index (χ3v) is 3.67. The van der Waals surface area contributed by atoms with Gasteiger partial charge >= 0.3 is 5.97 Å². The first-order valence-corrected chi connectivity index (χ1v) is 6.78. The fourth-order valence-corrected chi connectivity index (χ4v) is 2.05. The minimum Gasteiger partial charge on any atom is -0.480 e. The van der Waals surface area contributed by atoms with Gasteiger partial charge in [-0.2, -0.15) is 0 Å². The van der Waals surface area contributed by atoms with E-state index in [2.05, 4.69) is 26.1 Å². The summed E-state index contributed by atoms with van der Waals surface area (Å²) in [6.45, 7) is 1.89. The number of hydrogen-bond donors (Lipinski definition) is 1. The maximum absolute atomic E-state index is 10.9. The summed E-state index contributed by atoms with van der Waals surface area (Å²) in [5, 5.41) is 16.9. The highest BCUT2D eigenvalue weighted by molar-refractivity contribution is 9.10. The molecule has 0 aliphatic heterocycles. The van der Waals surface area contributed by atoms with Gasteiger partial charge in [-0.25, -0.2) is 0 Å². The van der Waals surface area contributed by atoms with Crippen LogP contribution in [0, 0.1) is 0 Å². The van der Waals surface area contributed by atoms with Gasteiger partial charge in [0, 0.05) is 4.47 Å². The summed E-state index contributed by atoms with van der Waals surface area (Å²) in [6.07, 6.45) is 0. The Kier molecular flexibility index (Phi) is 4.51. The average Bonchev–Trinajstić information content (AvgIpc) is 2.86. The highest BCUT2D eigenvalue weighted by Gasteiger charge is 2.19. The van der Waals surface area contributed by atoms with Crippen LogP contribution in [-0.2, 0) is 11.3 Å². The first kappa shape index (κ1) is 14.7. The number of hydrogen-bond acceptors (Lipinski definition) is 5. The standard InChI is InChI=1S/C13H14BrN3O3/c1-8(13(18)19)17(2)7-11-15-16-12(20-11)9-5-3-4-6-10(9)14/h3-6,8H,7H2,1-2H3,(H,18,19). The molecule has 6 nitrogen and oxygen atoms in total. The van der Waals surface area contributed by atoms with Crippen molar-refractivity contribution in [1.82, 2.24) is 15.1 Å². The van der Waals surface area contributed by atoms with Crippen LogP contribution in [0.3, 0.4) is 0 Å². The molecule has 2 rings (SSSR count). The van der Waals surface area contributed by atoms with Crippen molar-refractivity contribution in [3.8, 4) is 11.5 Å². The van der Waals surface area contributed by atoms with Crippen LogP contribution in [0.1, 0.15) is 12.8 Å². The first-order chi connectivity index (χ1) is 9.49. The molecule has 1 unspecified atom stereocenters. The SMILES string of the molecule is CC(C(=O)O)N(C)Cc1nnc(-c2ccccc2Br)o1. The molecule has 0 amide bonds. The van der Waals surface area contributed by atoms with Gasteiger partial charge < -0.3 is 9.52 Å². The monoisotopic (exact) mass is 339 g/mol. The molecule has 2 aromatic rings. The zero-order chi connectivity index (χ0) is 14.7. The molecule has 0 saturated heterocycles. The van der Waals surface area contributed by atoms with E-state index < -0.39 is 12.0 Å². The lowest BCUT2D eigenvalue weighted by Gasteiger charge is -2.18. The van der Waals surface area contributed by atoms with Crippen LogP contribution >= 0.6 is 15.9 Å². The van der Waals surface area contributed by atoms with Crippen LogP contribution < -0.4 is 0 Å². The molecule has 7 heteroatoms. The molecular formula is C13H14BrN3O3. The maximum atomic E-state index is 10.9. The molecule has 0 bridgehead atoms. The van der Waals surface area contributed by atoms with E-state index in [1.807, 2.05) is 24.3 Å². The lowest BCUT2D eigenvalue weighted by molar-refractivity contribution is -0.142. The third-order valence-electron chi connectivity index (χ3n) is 2.97. The molecule has 0 saturated carbocycles. The van der Waals surface area contributed by atoms with Gasteiger partial charge in [-0.3, -0.25) is 9.69 Å². The van der Waals surface area contributed by atoms with Gasteiger partial charge in [0.15, 0.2) is 0 Å². The Morgan fingerprint density at radius 3 is 2.80 bits per heavy atom. The minimum absolute atomic E-state index is 0.283. The van der Waals surface area contributed by atoms with Crippen molar-refractivity contribution in [3.63, 3.8) is 0 Å². The Morgan fingerprint density at radius 2 is 2.15 bits per heavy atom. The fraction of sp³-hybridized carbons (Fsp3) is 0.308. The van der Waals surface area contributed by atoms with E-state index in [9.17, 15) is 4.79 Å². The summed E-state index contributed by atoms with van der Waals surface area (Å²) in [6, 6.07) is 6.91. The van der Waals surface area contributed by atoms with Crippen LogP contribution in [0.2, 0.25) is 0 Å². The zero-order valence-electron chi connectivity index (χ0n) is 11.1. The fourth-order valence-electron chi connectivity index (χ4n) is 1.60. The summed E-state index contributed by atoms with van der Waals surface area (Å²) in [5.41, 5.74) is 0.806. The highest BCUT2D eigenvalue weighted by Crippen LogP contribution is 2.26. The molecule has 1 heterocycles. The highest BCUT2D eigenvalue weighted by atomic mass is 79.9. The topological polar surface area (TPSA) is 79.5 Å². The molecule has 0 fully saturated rings. The molecule has 1 aromatic carbocycles. The number of halogens is 1. The smallest absolute Gasteiger partial charge is 0.320 e. The van der Waals surface area contributed by atoms with Crippen LogP contribution in [0.25, 0.3) is 11.5 Å². The molecule has 0 spiro atoms. The van der Waals surface area contributed by atoms with Crippen molar-refractivity contribution in [3.05, 3.63) is 34.6 Å². The summed E-state index contributed by atoms with van der Waals surface area (Å²) in [4.78, 5) is 12.5. The molecule has 0 aliphatic rings. The summed E-state index contributed by atoms with van der Waals surface area (Å²) in [7, 11) is 1.70. The van der Waals surface area contributed by atoms with Crippen molar-refractivity contribution in [2.75, 3.05) is 7.05 Å². The van der Waals surface area contributed by atoms with Crippen LogP contribution in [0.5, 0.6) is 0 Å². The number of aliphatic carboxylic acids is 1. The van der Waals surface area contributed by atoms with Crippen molar-refractivity contribution in [2.45, 2.75) is 19.5 Å². The van der Waals surface area contributed by atoms with E-state index >= 15 is 0 Å². The van der Waals surface area contributed by atoms with Gasteiger partial charge in [0.05, 0.1) is 12.1 Å². The second-order valence-corrected chi connectivity index (χ2v) is 5.26. The predicted molar refractivity (Wildman–Crippen MR) is 76.0 cm³/mol. The average molecular weight is 340 g/mol. The Hall–Kier alpha value is -1.73. The van der Waals surface area contributed by atoms with Gasteiger partial charge in [-0.1, -0.05) is 12.1 Å². The minimum atomic E-state index is -0.891. The van der Waals surface area contributed by atoms with Crippen molar-refractivity contribution < 1.29 is 14.3 Å². The summed E-state index contributed by atoms with van der Waals surface area (Å²) in [5.74, 6) is -0.103. The largest absolute Gasteiger partial charge is 0.480 e. The number of likely N-dealkylation sites (N-methyl/N-ethyl adjacent to an activating group) is 1. The Balaban J connectivity index is 2.14. The molecule has 1 aromatic heterocycles. The molecular weight excluding hydrogens is 326 g/mol. The number of carboxylic acids is 1. The quantitative estimate of drug-likeness (QED) is 0.900. The number of carbonyl (C=O) groups is 1. The van der Waals surface area contributed by atoms with Crippen molar-refractivity contribution in [2.24, 2.45) is 0 Å². The molecule has 1 N–H and O–H groups in total. The zero-order valence-corrected chi connectivity index (χ0v) is 12.7. The van der Waals surface area contributed by atoms with Gasteiger partial charge in [-0.05, 0) is 42.0 Å². The Morgan fingerprint density at radius 1 is 1.45 bits per heavy atom. The van der Waals surface area contributed by atoms with E-state index in [-0.39, 0.29) is 6.54 Å². The number of benzene rings is 1. The van der Waals surface area contributed by atoms with Crippen LogP contribution in [-0.4, -0.2) is 39.3 Å². The first-order valence-electron chi connectivity index (χ1n) is 5.99. The van der Waals surface area contributed by atoms with Gasteiger partial charge in [0.25, 0.3) is 0 Å². The van der Waals surface area contributed by atoms with E-state index in [0.717, 1.165) is 10.0 Å².